The second-order valence-electron chi connectivity index (χ2n) is 7.09. The van der Waals surface area contributed by atoms with E-state index in [-0.39, 0.29) is 12.1 Å². The highest BCUT2D eigenvalue weighted by atomic mass is 16.3. The van der Waals surface area contributed by atoms with Crippen molar-refractivity contribution in [1.29, 1.82) is 0 Å². The number of hydrogen-bond acceptors (Lipinski definition) is 4. The molecule has 2 saturated heterocycles. The summed E-state index contributed by atoms with van der Waals surface area (Å²) in [4.78, 5) is 17.1. The second-order valence-corrected chi connectivity index (χ2v) is 7.09. The van der Waals surface area contributed by atoms with Gasteiger partial charge in [-0.1, -0.05) is 0 Å². The van der Waals surface area contributed by atoms with Crippen LogP contribution in [-0.4, -0.2) is 72.2 Å². The van der Waals surface area contributed by atoms with Gasteiger partial charge in [0.2, 0.25) is 5.91 Å². The van der Waals surface area contributed by atoms with Crippen LogP contribution < -0.4 is 5.32 Å². The van der Waals surface area contributed by atoms with Gasteiger partial charge < -0.3 is 15.3 Å². The summed E-state index contributed by atoms with van der Waals surface area (Å²) in [5.41, 5.74) is 0. The lowest BCUT2D eigenvalue weighted by Crippen LogP contribution is -2.52. The molecule has 0 radical (unpaired) electrons. The molecule has 120 valence electrons. The number of piperidine rings is 1. The van der Waals surface area contributed by atoms with Crippen molar-refractivity contribution < 1.29 is 9.90 Å². The van der Waals surface area contributed by atoms with E-state index in [0.717, 1.165) is 51.9 Å². The maximum atomic E-state index is 12.8. The Balaban J connectivity index is 1.54. The first-order chi connectivity index (χ1) is 10.1. The molecule has 1 aliphatic carbocycles. The fourth-order valence-corrected chi connectivity index (χ4v) is 4.21. The quantitative estimate of drug-likeness (QED) is 0.790. The second kappa shape index (κ2) is 6.63. The van der Waals surface area contributed by atoms with Crippen molar-refractivity contribution >= 4 is 5.91 Å². The summed E-state index contributed by atoms with van der Waals surface area (Å²) in [5.74, 6) is 0.801. The molecule has 0 aromatic heterocycles. The largest absolute Gasteiger partial charge is 0.393 e. The van der Waals surface area contributed by atoms with Crippen LogP contribution in [0.1, 0.15) is 38.5 Å². The van der Waals surface area contributed by atoms with E-state index in [1.807, 2.05) is 11.9 Å². The molecule has 0 aromatic carbocycles. The molecule has 3 aliphatic rings. The van der Waals surface area contributed by atoms with Crippen LogP contribution in [0.4, 0.5) is 0 Å². The number of nitrogens with zero attached hydrogens (tertiary/aromatic N) is 2. The molecule has 1 unspecified atom stereocenters. The number of likely N-dealkylation sites (tertiary alicyclic amines) is 1. The van der Waals surface area contributed by atoms with E-state index in [4.69, 9.17) is 0 Å². The number of nitrogens with one attached hydrogen (secondary N) is 1. The summed E-state index contributed by atoms with van der Waals surface area (Å²) >= 11 is 0. The van der Waals surface area contributed by atoms with Gasteiger partial charge in [-0.05, 0) is 64.1 Å². The van der Waals surface area contributed by atoms with Crippen LogP contribution in [0.3, 0.4) is 0 Å². The van der Waals surface area contributed by atoms with E-state index in [2.05, 4.69) is 10.2 Å². The van der Waals surface area contributed by atoms with Gasteiger partial charge in [0, 0.05) is 19.6 Å². The Bertz CT molecular complexity index is 365. The minimum Gasteiger partial charge on any atom is -0.393 e. The zero-order valence-corrected chi connectivity index (χ0v) is 13.1. The summed E-state index contributed by atoms with van der Waals surface area (Å²) in [6, 6.07) is 0.685. The minimum absolute atomic E-state index is 0.100. The van der Waals surface area contributed by atoms with Gasteiger partial charge in [0.15, 0.2) is 0 Å². The van der Waals surface area contributed by atoms with E-state index in [1.54, 1.807) is 0 Å². The van der Waals surface area contributed by atoms with Gasteiger partial charge in [-0.3, -0.25) is 9.69 Å². The normalized spacial score (nSPS) is 34.7. The monoisotopic (exact) mass is 295 g/mol. The van der Waals surface area contributed by atoms with Gasteiger partial charge in [0.25, 0.3) is 0 Å². The molecule has 2 aliphatic heterocycles. The van der Waals surface area contributed by atoms with Gasteiger partial charge in [0.1, 0.15) is 0 Å². The molecule has 0 aromatic rings. The molecular formula is C16H29N3O2. The number of carbonyl (C=O) groups excluding carboxylic acids is 1. The standard InChI is InChI=1S/C16H29N3O2/c1-18(11-12-9-14(20)10-12)16(21)15-3-2-8-19(15)13-4-6-17-7-5-13/h12-15,17,20H,2-11H2,1H3. The maximum absolute atomic E-state index is 12.8. The van der Waals surface area contributed by atoms with Gasteiger partial charge >= 0.3 is 0 Å². The third-order valence-electron chi connectivity index (χ3n) is 5.48. The average Bonchev–Trinajstić information content (AvgIpc) is 2.95. The molecule has 3 rings (SSSR count). The van der Waals surface area contributed by atoms with Crippen molar-refractivity contribution in [2.45, 2.75) is 56.7 Å². The van der Waals surface area contributed by atoms with Gasteiger partial charge in [-0.25, -0.2) is 0 Å². The molecule has 5 heteroatoms. The lowest BCUT2D eigenvalue weighted by molar-refractivity contribution is -0.137. The van der Waals surface area contributed by atoms with Crippen molar-refractivity contribution in [3.63, 3.8) is 0 Å². The summed E-state index contributed by atoms with van der Waals surface area (Å²) in [6.45, 7) is 4.05. The third-order valence-corrected chi connectivity index (χ3v) is 5.48. The highest BCUT2D eigenvalue weighted by molar-refractivity contribution is 5.82. The zero-order valence-electron chi connectivity index (χ0n) is 13.1. The van der Waals surface area contributed by atoms with E-state index in [0.29, 0.717) is 17.9 Å². The molecular weight excluding hydrogens is 266 g/mol. The molecule has 0 bridgehead atoms. The van der Waals surface area contributed by atoms with E-state index in [1.165, 1.54) is 12.8 Å². The van der Waals surface area contributed by atoms with Crippen LogP contribution in [0, 0.1) is 5.92 Å². The first kappa shape index (κ1) is 15.3. The molecule has 3 fully saturated rings. The summed E-state index contributed by atoms with van der Waals surface area (Å²) in [7, 11) is 1.94. The van der Waals surface area contributed by atoms with Gasteiger partial charge in [-0.15, -0.1) is 0 Å². The van der Waals surface area contributed by atoms with Crippen LogP contribution in [0.2, 0.25) is 0 Å². The Morgan fingerprint density at radius 3 is 2.67 bits per heavy atom. The first-order valence-corrected chi connectivity index (χ1v) is 8.54. The number of hydrogen-bond donors (Lipinski definition) is 2. The lowest BCUT2D eigenvalue weighted by atomic mass is 9.82. The molecule has 1 amide bonds. The Morgan fingerprint density at radius 1 is 1.29 bits per heavy atom. The number of likely N-dealkylation sites (N-methyl/N-ethyl adjacent to an activating group) is 1. The SMILES string of the molecule is CN(CC1CC(O)C1)C(=O)C1CCCN1C1CCNCC1. The van der Waals surface area contributed by atoms with Crippen LogP contribution in [0.25, 0.3) is 0 Å². The average molecular weight is 295 g/mol. The molecule has 2 heterocycles. The van der Waals surface area contributed by atoms with Crippen LogP contribution in [0.5, 0.6) is 0 Å². The molecule has 1 atom stereocenters. The summed E-state index contributed by atoms with van der Waals surface area (Å²) in [5, 5.41) is 12.8. The summed E-state index contributed by atoms with van der Waals surface area (Å²) in [6.07, 6.45) is 6.10. The molecule has 0 spiro atoms. The van der Waals surface area contributed by atoms with Crippen molar-refractivity contribution in [2.75, 3.05) is 33.2 Å². The highest BCUT2D eigenvalue weighted by Gasteiger charge is 2.38. The van der Waals surface area contributed by atoms with E-state index >= 15 is 0 Å². The topological polar surface area (TPSA) is 55.8 Å². The molecule has 2 N–H and O–H groups in total. The highest BCUT2D eigenvalue weighted by Crippen LogP contribution is 2.29. The van der Waals surface area contributed by atoms with Crippen molar-refractivity contribution in [3.05, 3.63) is 0 Å². The van der Waals surface area contributed by atoms with Crippen molar-refractivity contribution in [3.8, 4) is 0 Å². The Kier molecular flexibility index (Phi) is 4.82. The zero-order chi connectivity index (χ0) is 14.8. The lowest BCUT2D eigenvalue weighted by Gasteiger charge is -2.38. The van der Waals surface area contributed by atoms with Crippen molar-refractivity contribution in [1.82, 2.24) is 15.1 Å². The van der Waals surface area contributed by atoms with Gasteiger partial charge in [-0.2, -0.15) is 0 Å². The van der Waals surface area contributed by atoms with Crippen LogP contribution in [0.15, 0.2) is 0 Å². The van der Waals surface area contributed by atoms with Crippen LogP contribution >= 0.6 is 0 Å². The number of aliphatic hydroxyl groups is 1. The Morgan fingerprint density at radius 2 is 2.00 bits per heavy atom. The number of amides is 1. The molecule has 21 heavy (non-hydrogen) atoms. The van der Waals surface area contributed by atoms with Crippen LogP contribution in [-0.2, 0) is 4.79 Å². The predicted octanol–water partition coefficient (Wildman–Crippen LogP) is 0.432. The smallest absolute Gasteiger partial charge is 0.239 e. The third kappa shape index (κ3) is 3.41. The predicted molar refractivity (Wildman–Crippen MR) is 82.0 cm³/mol. The Labute approximate surface area is 127 Å². The van der Waals surface area contributed by atoms with E-state index < -0.39 is 0 Å². The number of rotatable bonds is 4. The van der Waals surface area contributed by atoms with Crippen molar-refractivity contribution in [2.24, 2.45) is 5.92 Å². The first-order valence-electron chi connectivity index (χ1n) is 8.54. The molecule has 5 nitrogen and oxygen atoms in total. The Hall–Kier alpha value is -0.650. The number of aliphatic hydroxyl groups excluding tert-OH is 1. The fraction of sp³-hybridized carbons (Fsp3) is 0.938. The minimum atomic E-state index is -0.129. The molecule has 1 saturated carbocycles. The summed E-state index contributed by atoms with van der Waals surface area (Å²) < 4.78 is 0. The number of carbonyl (C=O) groups is 1. The maximum Gasteiger partial charge on any atom is 0.239 e. The fourth-order valence-electron chi connectivity index (χ4n) is 4.21. The van der Waals surface area contributed by atoms with E-state index in [9.17, 15) is 9.90 Å². The van der Waals surface area contributed by atoms with Gasteiger partial charge in [0.05, 0.1) is 12.1 Å².